The summed E-state index contributed by atoms with van der Waals surface area (Å²) in [4.78, 5) is 4.77. The summed E-state index contributed by atoms with van der Waals surface area (Å²) < 4.78 is 10.5. The molecule has 0 saturated heterocycles. The molecule has 0 fully saturated rings. The van der Waals surface area contributed by atoms with Gasteiger partial charge in [0.1, 0.15) is 22.9 Å². The Morgan fingerprint density at radius 1 is 0.731 bits per heavy atom. The van der Waals surface area contributed by atoms with Gasteiger partial charge in [-0.05, 0) is 48.5 Å². The maximum Gasteiger partial charge on any atom is 0.209 e. The molecular weight excluding hydrogens is 346 g/mol. The molecule has 0 aliphatic rings. The maximum atomic E-state index is 5.26. The van der Waals surface area contributed by atoms with Gasteiger partial charge in [-0.3, -0.25) is 0 Å². The number of nitrogens with zero attached hydrogens (tertiary/aromatic N) is 3. The van der Waals surface area contributed by atoms with Crippen molar-refractivity contribution in [3.05, 3.63) is 48.5 Å². The van der Waals surface area contributed by atoms with Gasteiger partial charge in [-0.1, -0.05) is 25.6 Å². The zero-order chi connectivity index (χ0) is 18.5. The van der Waals surface area contributed by atoms with Gasteiger partial charge < -0.3 is 9.47 Å². The highest BCUT2D eigenvalue weighted by molar-refractivity contribution is 7.99. The summed E-state index contributed by atoms with van der Waals surface area (Å²) in [5.41, 5.74) is 3.46. The van der Waals surface area contributed by atoms with Crippen LogP contribution in [0.5, 0.6) is 11.5 Å². The van der Waals surface area contributed by atoms with E-state index in [0.29, 0.717) is 10.4 Å². The van der Waals surface area contributed by atoms with Crippen LogP contribution in [0.1, 0.15) is 13.8 Å². The molecule has 0 bridgehead atoms. The van der Waals surface area contributed by atoms with Crippen molar-refractivity contribution in [2.45, 2.75) is 24.3 Å². The number of rotatable bonds is 6. The quantitative estimate of drug-likeness (QED) is 0.588. The predicted molar refractivity (Wildman–Crippen MR) is 105 cm³/mol. The van der Waals surface area contributed by atoms with E-state index in [4.69, 9.17) is 14.5 Å². The van der Waals surface area contributed by atoms with Crippen LogP contribution in [0.25, 0.3) is 22.5 Å². The second-order valence-corrected chi connectivity index (χ2v) is 7.46. The third-order valence-electron chi connectivity index (χ3n) is 3.74. The third-order valence-corrected chi connectivity index (χ3v) is 4.59. The van der Waals surface area contributed by atoms with Gasteiger partial charge in [-0.2, -0.15) is 0 Å². The number of methoxy groups -OCH3 is 2. The Kier molecular flexibility index (Phi) is 5.73. The molecule has 134 valence electrons. The van der Waals surface area contributed by atoms with Crippen molar-refractivity contribution in [2.24, 2.45) is 0 Å². The van der Waals surface area contributed by atoms with E-state index >= 15 is 0 Å². The highest BCUT2D eigenvalue weighted by atomic mass is 32.2. The summed E-state index contributed by atoms with van der Waals surface area (Å²) in [6.45, 7) is 4.22. The summed E-state index contributed by atoms with van der Waals surface area (Å²) >= 11 is 1.60. The van der Waals surface area contributed by atoms with E-state index in [9.17, 15) is 0 Å². The normalized spacial score (nSPS) is 10.8. The first kappa shape index (κ1) is 18.2. The number of benzene rings is 2. The van der Waals surface area contributed by atoms with E-state index in [1.165, 1.54) is 0 Å². The van der Waals surface area contributed by atoms with Crippen LogP contribution in [-0.2, 0) is 0 Å². The smallest absolute Gasteiger partial charge is 0.209 e. The van der Waals surface area contributed by atoms with Crippen molar-refractivity contribution in [1.29, 1.82) is 0 Å². The van der Waals surface area contributed by atoms with Crippen molar-refractivity contribution in [3.63, 3.8) is 0 Å². The molecule has 0 aliphatic carbocycles. The molecule has 0 saturated carbocycles. The van der Waals surface area contributed by atoms with Gasteiger partial charge in [0, 0.05) is 16.4 Å². The lowest BCUT2D eigenvalue weighted by molar-refractivity contribution is 0.414. The average Bonchev–Trinajstić information content (AvgIpc) is 2.68. The molecule has 0 radical (unpaired) electrons. The van der Waals surface area contributed by atoms with Gasteiger partial charge in [0.15, 0.2) is 0 Å². The summed E-state index contributed by atoms with van der Waals surface area (Å²) in [6, 6.07) is 15.6. The first-order valence-corrected chi connectivity index (χ1v) is 9.19. The van der Waals surface area contributed by atoms with Gasteiger partial charge in [-0.15, -0.1) is 10.2 Å². The first-order valence-electron chi connectivity index (χ1n) is 8.31. The van der Waals surface area contributed by atoms with Gasteiger partial charge in [0.2, 0.25) is 5.16 Å². The summed E-state index contributed by atoms with van der Waals surface area (Å²) in [7, 11) is 3.30. The Morgan fingerprint density at radius 3 is 1.69 bits per heavy atom. The first-order chi connectivity index (χ1) is 12.6. The number of hydrogen-bond donors (Lipinski definition) is 0. The monoisotopic (exact) mass is 367 g/mol. The highest BCUT2D eigenvalue weighted by Gasteiger charge is 2.15. The molecule has 0 spiro atoms. The Labute approximate surface area is 157 Å². The van der Waals surface area contributed by atoms with Crippen molar-refractivity contribution < 1.29 is 9.47 Å². The van der Waals surface area contributed by atoms with Crippen molar-refractivity contribution in [2.75, 3.05) is 14.2 Å². The van der Waals surface area contributed by atoms with Gasteiger partial charge >= 0.3 is 0 Å². The Hall–Kier alpha value is -2.60. The summed E-state index contributed by atoms with van der Waals surface area (Å²) in [5.74, 6) is 1.60. The van der Waals surface area contributed by atoms with Gasteiger partial charge in [0.05, 0.1) is 14.2 Å². The van der Waals surface area contributed by atoms with E-state index in [1.807, 2.05) is 48.5 Å². The Balaban J connectivity index is 2.09. The molecule has 26 heavy (non-hydrogen) atoms. The van der Waals surface area contributed by atoms with Crippen LogP contribution < -0.4 is 9.47 Å². The van der Waals surface area contributed by atoms with Crippen LogP contribution >= 0.6 is 11.8 Å². The number of aromatic nitrogens is 3. The van der Waals surface area contributed by atoms with Crippen LogP contribution in [0, 0.1) is 0 Å². The highest BCUT2D eigenvalue weighted by Crippen LogP contribution is 2.32. The fraction of sp³-hybridized carbons (Fsp3) is 0.250. The van der Waals surface area contributed by atoms with Crippen molar-refractivity contribution >= 4 is 11.8 Å². The lowest BCUT2D eigenvalue weighted by atomic mass is 10.0. The van der Waals surface area contributed by atoms with Crippen LogP contribution in [0.4, 0.5) is 0 Å². The number of thioether (sulfide) groups is 1. The molecule has 0 N–H and O–H groups in total. The topological polar surface area (TPSA) is 57.1 Å². The molecule has 3 rings (SSSR count). The number of hydrogen-bond acceptors (Lipinski definition) is 6. The van der Waals surface area contributed by atoms with Crippen LogP contribution in [0.15, 0.2) is 53.7 Å². The molecule has 0 atom stereocenters. The maximum absolute atomic E-state index is 5.26. The molecule has 6 heteroatoms. The largest absolute Gasteiger partial charge is 0.497 e. The standard InChI is InChI=1S/C20H21N3O2S/c1-13(2)26-20-21-18(14-5-9-16(24-3)10-6-14)19(22-23-20)15-7-11-17(25-4)12-8-15/h5-13H,1-4H3. The lowest BCUT2D eigenvalue weighted by Gasteiger charge is -2.11. The van der Waals surface area contributed by atoms with Gasteiger partial charge in [-0.25, -0.2) is 4.98 Å². The van der Waals surface area contributed by atoms with E-state index in [2.05, 4.69) is 24.0 Å². The van der Waals surface area contributed by atoms with E-state index < -0.39 is 0 Å². The van der Waals surface area contributed by atoms with E-state index in [1.54, 1.807) is 26.0 Å². The fourth-order valence-electron chi connectivity index (χ4n) is 2.47. The van der Waals surface area contributed by atoms with Crippen LogP contribution in [0.2, 0.25) is 0 Å². The zero-order valence-electron chi connectivity index (χ0n) is 15.3. The van der Waals surface area contributed by atoms with Crippen molar-refractivity contribution in [3.8, 4) is 34.0 Å². The second-order valence-electron chi connectivity index (χ2n) is 5.92. The Bertz CT molecular complexity index is 865. The molecule has 2 aromatic carbocycles. The van der Waals surface area contributed by atoms with Crippen LogP contribution in [-0.4, -0.2) is 34.7 Å². The molecule has 0 aliphatic heterocycles. The minimum atomic E-state index is 0.382. The van der Waals surface area contributed by atoms with Crippen LogP contribution in [0.3, 0.4) is 0 Å². The zero-order valence-corrected chi connectivity index (χ0v) is 16.1. The lowest BCUT2D eigenvalue weighted by Crippen LogP contribution is -2.01. The third kappa shape index (κ3) is 4.14. The Morgan fingerprint density at radius 2 is 1.23 bits per heavy atom. The SMILES string of the molecule is COc1ccc(-c2nnc(SC(C)C)nc2-c2ccc(OC)cc2)cc1. The average molecular weight is 367 g/mol. The molecule has 1 aromatic heterocycles. The summed E-state index contributed by atoms with van der Waals surface area (Å²) in [6.07, 6.45) is 0. The molecule has 5 nitrogen and oxygen atoms in total. The minimum absolute atomic E-state index is 0.382. The van der Waals surface area contributed by atoms with Crippen molar-refractivity contribution in [1.82, 2.24) is 15.2 Å². The molecule has 0 amide bonds. The molecule has 3 aromatic rings. The molecule has 1 heterocycles. The second kappa shape index (κ2) is 8.19. The van der Waals surface area contributed by atoms with E-state index in [-0.39, 0.29) is 0 Å². The van der Waals surface area contributed by atoms with E-state index in [0.717, 1.165) is 34.0 Å². The number of ether oxygens (including phenoxy) is 2. The fourth-order valence-corrected chi connectivity index (χ4v) is 3.12. The molecule has 0 unspecified atom stereocenters. The summed E-state index contributed by atoms with van der Waals surface area (Å²) in [5, 5.41) is 9.83. The predicted octanol–water partition coefficient (Wildman–Crippen LogP) is 4.72. The van der Waals surface area contributed by atoms with Gasteiger partial charge in [0.25, 0.3) is 0 Å². The molecular formula is C20H21N3O2S. The minimum Gasteiger partial charge on any atom is -0.497 e.